The van der Waals surface area contributed by atoms with Crippen molar-refractivity contribution < 1.29 is 13.9 Å². The number of carbonyl (C=O) groups excluding carboxylic acids is 1. The molecular weight excluding hydrogens is 375 g/mol. The topological polar surface area (TPSA) is 82.6 Å². The van der Waals surface area contributed by atoms with Crippen LogP contribution in [-0.2, 0) is 4.74 Å². The number of anilines is 4. The van der Waals surface area contributed by atoms with Gasteiger partial charge in [0.2, 0.25) is 5.95 Å². The molecule has 1 aromatic heterocycles. The van der Waals surface area contributed by atoms with Crippen LogP contribution < -0.4 is 15.5 Å². The summed E-state index contributed by atoms with van der Waals surface area (Å²) < 4.78 is 18.9. The number of rotatable bonds is 5. The first kappa shape index (κ1) is 19.2. The van der Waals surface area contributed by atoms with Crippen LogP contribution in [0.25, 0.3) is 0 Å². The van der Waals surface area contributed by atoms with Gasteiger partial charge in [-0.25, -0.2) is 14.2 Å². The van der Waals surface area contributed by atoms with Gasteiger partial charge >= 0.3 is 6.09 Å². The van der Waals surface area contributed by atoms with Crippen molar-refractivity contribution in [1.29, 1.82) is 0 Å². The number of hydrogen-bond donors (Lipinski definition) is 2. The number of benzene rings is 1. The fraction of sp³-hybridized carbons (Fsp3) is 0.450. The van der Waals surface area contributed by atoms with Crippen LogP contribution in [0.15, 0.2) is 30.5 Å². The SMILES string of the molecule is COC(=O)N1CCN(c2ccc(Nc3nc(NC4CCC4)ncc3F)cc2)CC1. The number of methoxy groups -OCH3 is 1. The molecule has 8 nitrogen and oxygen atoms in total. The molecule has 1 aliphatic carbocycles. The second kappa shape index (κ2) is 8.50. The third kappa shape index (κ3) is 4.49. The van der Waals surface area contributed by atoms with Crippen LogP contribution in [-0.4, -0.2) is 60.3 Å². The van der Waals surface area contributed by atoms with E-state index in [4.69, 9.17) is 4.74 Å². The Bertz CT molecular complexity index is 851. The number of hydrogen-bond acceptors (Lipinski definition) is 7. The third-order valence-corrected chi connectivity index (χ3v) is 5.39. The van der Waals surface area contributed by atoms with Gasteiger partial charge in [-0.3, -0.25) is 0 Å². The molecule has 0 bridgehead atoms. The minimum Gasteiger partial charge on any atom is -0.453 e. The summed E-state index contributed by atoms with van der Waals surface area (Å²) in [7, 11) is 1.40. The van der Waals surface area contributed by atoms with E-state index >= 15 is 0 Å². The number of piperazine rings is 1. The quantitative estimate of drug-likeness (QED) is 0.797. The maximum absolute atomic E-state index is 14.1. The van der Waals surface area contributed by atoms with E-state index in [0.717, 1.165) is 37.3 Å². The van der Waals surface area contributed by atoms with Gasteiger partial charge in [0.15, 0.2) is 11.6 Å². The Hall–Kier alpha value is -3.10. The summed E-state index contributed by atoms with van der Waals surface area (Å²) in [6, 6.07) is 8.11. The van der Waals surface area contributed by atoms with Crippen molar-refractivity contribution in [3.05, 3.63) is 36.3 Å². The molecular formula is C20H25FN6O2. The lowest BCUT2D eigenvalue weighted by molar-refractivity contribution is 0.121. The van der Waals surface area contributed by atoms with E-state index < -0.39 is 5.82 Å². The van der Waals surface area contributed by atoms with E-state index in [9.17, 15) is 9.18 Å². The minimum atomic E-state index is -0.493. The zero-order valence-corrected chi connectivity index (χ0v) is 16.4. The highest BCUT2D eigenvalue weighted by atomic mass is 19.1. The molecule has 2 N–H and O–H groups in total. The van der Waals surface area contributed by atoms with Gasteiger partial charge < -0.3 is 25.2 Å². The molecule has 1 saturated heterocycles. The molecule has 2 fully saturated rings. The maximum atomic E-state index is 14.1. The molecule has 9 heteroatoms. The molecule has 0 spiro atoms. The van der Waals surface area contributed by atoms with Crippen LogP contribution in [0, 0.1) is 5.82 Å². The summed E-state index contributed by atoms with van der Waals surface area (Å²) in [6.07, 6.45) is 4.29. The first-order chi connectivity index (χ1) is 14.1. The van der Waals surface area contributed by atoms with E-state index in [1.807, 2.05) is 24.3 Å². The van der Waals surface area contributed by atoms with Crippen molar-refractivity contribution >= 4 is 29.2 Å². The predicted molar refractivity (Wildman–Crippen MR) is 109 cm³/mol. The monoisotopic (exact) mass is 400 g/mol. The second-order valence-corrected chi connectivity index (χ2v) is 7.28. The zero-order chi connectivity index (χ0) is 20.2. The number of amides is 1. The molecule has 154 valence electrons. The van der Waals surface area contributed by atoms with Gasteiger partial charge in [-0.2, -0.15) is 4.98 Å². The van der Waals surface area contributed by atoms with Gasteiger partial charge in [0.05, 0.1) is 13.3 Å². The van der Waals surface area contributed by atoms with Gasteiger partial charge in [0.1, 0.15) is 0 Å². The number of halogens is 1. The van der Waals surface area contributed by atoms with Crippen molar-refractivity contribution in [2.24, 2.45) is 0 Å². The molecule has 0 radical (unpaired) electrons. The average Bonchev–Trinajstić information content (AvgIpc) is 2.73. The smallest absolute Gasteiger partial charge is 0.409 e. The van der Waals surface area contributed by atoms with Gasteiger partial charge in [0, 0.05) is 43.6 Å². The predicted octanol–water partition coefficient (Wildman–Crippen LogP) is 3.21. The Labute approximate surface area is 169 Å². The molecule has 1 saturated carbocycles. The van der Waals surface area contributed by atoms with Crippen LogP contribution in [0.1, 0.15) is 19.3 Å². The van der Waals surface area contributed by atoms with E-state index in [1.165, 1.54) is 19.7 Å². The van der Waals surface area contributed by atoms with Crippen LogP contribution >= 0.6 is 0 Å². The molecule has 1 aliphatic heterocycles. The molecule has 1 aromatic carbocycles. The highest BCUT2D eigenvalue weighted by molar-refractivity contribution is 5.68. The number of ether oxygens (including phenoxy) is 1. The normalized spacial score (nSPS) is 16.9. The zero-order valence-electron chi connectivity index (χ0n) is 16.4. The Morgan fingerprint density at radius 3 is 2.52 bits per heavy atom. The van der Waals surface area contributed by atoms with Crippen LogP contribution in [0.5, 0.6) is 0 Å². The molecule has 2 aromatic rings. The Balaban J connectivity index is 1.37. The fourth-order valence-electron chi connectivity index (χ4n) is 3.43. The minimum absolute atomic E-state index is 0.154. The van der Waals surface area contributed by atoms with Gasteiger partial charge in [-0.1, -0.05) is 0 Å². The molecule has 0 atom stereocenters. The summed E-state index contributed by atoms with van der Waals surface area (Å²) in [4.78, 5) is 23.8. The summed E-state index contributed by atoms with van der Waals surface area (Å²) in [6.45, 7) is 2.71. The summed E-state index contributed by atoms with van der Waals surface area (Å²) >= 11 is 0. The van der Waals surface area contributed by atoms with Crippen molar-refractivity contribution in [3.8, 4) is 0 Å². The lowest BCUT2D eigenvalue weighted by atomic mass is 9.93. The molecule has 2 aliphatic rings. The van der Waals surface area contributed by atoms with Crippen LogP contribution in [0.3, 0.4) is 0 Å². The lowest BCUT2D eigenvalue weighted by Crippen LogP contribution is -2.48. The highest BCUT2D eigenvalue weighted by Crippen LogP contribution is 2.25. The maximum Gasteiger partial charge on any atom is 0.409 e. The fourth-order valence-corrected chi connectivity index (χ4v) is 3.43. The first-order valence-corrected chi connectivity index (χ1v) is 9.86. The molecule has 1 amide bonds. The Morgan fingerprint density at radius 2 is 1.90 bits per heavy atom. The summed E-state index contributed by atoms with van der Waals surface area (Å²) in [5.41, 5.74) is 1.80. The van der Waals surface area contributed by atoms with Crippen molar-refractivity contribution in [3.63, 3.8) is 0 Å². The van der Waals surface area contributed by atoms with Crippen molar-refractivity contribution in [1.82, 2.24) is 14.9 Å². The molecule has 29 heavy (non-hydrogen) atoms. The summed E-state index contributed by atoms with van der Waals surface area (Å²) in [5.74, 6) is 0.104. The number of nitrogens with one attached hydrogen (secondary N) is 2. The van der Waals surface area contributed by atoms with Gasteiger partial charge in [-0.05, 0) is 43.5 Å². The lowest BCUT2D eigenvalue weighted by Gasteiger charge is -2.35. The highest BCUT2D eigenvalue weighted by Gasteiger charge is 2.22. The van der Waals surface area contributed by atoms with Crippen molar-refractivity contribution in [2.45, 2.75) is 25.3 Å². The van der Waals surface area contributed by atoms with E-state index in [0.29, 0.717) is 25.1 Å². The van der Waals surface area contributed by atoms with Crippen molar-refractivity contribution in [2.75, 3.05) is 48.8 Å². The standard InChI is InChI=1S/C20H25FN6O2/c1-29-20(28)27-11-9-26(10-12-27)16-7-5-15(6-8-16)23-18-17(21)13-22-19(25-18)24-14-3-2-4-14/h5-8,13-14H,2-4,9-12H2,1H3,(H2,22,23,24,25). The van der Waals surface area contributed by atoms with Crippen LogP contribution in [0.4, 0.5) is 32.3 Å². The summed E-state index contributed by atoms with van der Waals surface area (Å²) in [5, 5.41) is 6.25. The van der Waals surface area contributed by atoms with E-state index in [2.05, 4.69) is 25.5 Å². The molecule has 0 unspecified atom stereocenters. The second-order valence-electron chi connectivity index (χ2n) is 7.28. The Kier molecular flexibility index (Phi) is 5.64. The number of nitrogens with zero attached hydrogens (tertiary/aromatic N) is 4. The first-order valence-electron chi connectivity index (χ1n) is 9.86. The Morgan fingerprint density at radius 1 is 1.17 bits per heavy atom. The average molecular weight is 400 g/mol. The molecule has 4 rings (SSSR count). The molecule has 2 heterocycles. The number of carbonyl (C=O) groups is 1. The van der Waals surface area contributed by atoms with Crippen LogP contribution in [0.2, 0.25) is 0 Å². The van der Waals surface area contributed by atoms with E-state index in [1.54, 1.807) is 4.90 Å². The van der Waals surface area contributed by atoms with E-state index in [-0.39, 0.29) is 11.9 Å². The van der Waals surface area contributed by atoms with Gasteiger partial charge in [0.25, 0.3) is 0 Å². The third-order valence-electron chi connectivity index (χ3n) is 5.39. The van der Waals surface area contributed by atoms with Gasteiger partial charge in [-0.15, -0.1) is 0 Å². The number of aromatic nitrogens is 2. The largest absolute Gasteiger partial charge is 0.453 e.